The molecule has 0 aromatic rings. The third-order valence-corrected chi connectivity index (χ3v) is 3.49. The van der Waals surface area contributed by atoms with E-state index in [1.807, 2.05) is 0 Å². The van der Waals surface area contributed by atoms with Gasteiger partial charge in [0.15, 0.2) is 0 Å². The average Bonchev–Trinajstić information content (AvgIpc) is 2.61. The fraction of sp³-hybridized carbons (Fsp3) is 1.00. The number of hydrogen-bond acceptors (Lipinski definition) is 2. The lowest BCUT2D eigenvalue weighted by Crippen LogP contribution is -2.29. The Morgan fingerprint density at radius 3 is 2.08 bits per heavy atom. The molecule has 0 aliphatic carbocycles. The maximum Gasteiger partial charge on any atom is 0.102 e. The van der Waals surface area contributed by atoms with E-state index in [4.69, 9.17) is 0 Å². The van der Waals surface area contributed by atoms with Crippen LogP contribution in [0.15, 0.2) is 0 Å². The van der Waals surface area contributed by atoms with Crippen LogP contribution in [0.2, 0.25) is 0 Å². The van der Waals surface area contributed by atoms with Crippen LogP contribution in [0.4, 0.5) is 4.39 Å². The van der Waals surface area contributed by atoms with Gasteiger partial charge in [0, 0.05) is 32.7 Å². The fourth-order valence-electron chi connectivity index (χ4n) is 2.75. The van der Waals surface area contributed by atoms with Crippen molar-refractivity contribution in [1.29, 1.82) is 0 Å². The van der Waals surface area contributed by atoms with Crippen molar-refractivity contribution >= 4 is 0 Å². The standard InChI is InChI=1S/C10H19FN2/c1-2-12-5-9-7-13(4-3-11)8-10(9)6-12/h9-10H,2-8H2,1H3. The molecule has 2 aliphatic heterocycles. The summed E-state index contributed by atoms with van der Waals surface area (Å²) in [7, 11) is 0. The largest absolute Gasteiger partial charge is 0.303 e. The van der Waals surface area contributed by atoms with Crippen LogP contribution >= 0.6 is 0 Å². The molecule has 0 N–H and O–H groups in total. The molecule has 2 aliphatic rings. The number of alkyl halides is 1. The Balaban J connectivity index is 1.82. The van der Waals surface area contributed by atoms with Crippen LogP contribution in [0, 0.1) is 11.8 Å². The molecule has 2 rings (SSSR count). The van der Waals surface area contributed by atoms with Gasteiger partial charge in [0.2, 0.25) is 0 Å². The van der Waals surface area contributed by atoms with Gasteiger partial charge in [-0.25, -0.2) is 4.39 Å². The molecule has 0 bridgehead atoms. The van der Waals surface area contributed by atoms with E-state index < -0.39 is 0 Å². The molecule has 2 nitrogen and oxygen atoms in total. The lowest BCUT2D eigenvalue weighted by molar-refractivity contribution is 0.246. The molecule has 0 spiro atoms. The Kier molecular flexibility index (Phi) is 2.84. The van der Waals surface area contributed by atoms with Gasteiger partial charge in [0.1, 0.15) is 6.67 Å². The van der Waals surface area contributed by atoms with Gasteiger partial charge in [-0.15, -0.1) is 0 Å². The van der Waals surface area contributed by atoms with Gasteiger partial charge < -0.3 is 9.80 Å². The quantitative estimate of drug-likeness (QED) is 0.644. The van der Waals surface area contributed by atoms with Crippen molar-refractivity contribution in [2.45, 2.75) is 6.92 Å². The molecule has 0 radical (unpaired) electrons. The minimum Gasteiger partial charge on any atom is -0.303 e. The molecule has 0 aromatic carbocycles. The van der Waals surface area contributed by atoms with E-state index >= 15 is 0 Å². The molecule has 0 aromatic heterocycles. The zero-order valence-electron chi connectivity index (χ0n) is 8.38. The van der Waals surface area contributed by atoms with E-state index in [2.05, 4.69) is 16.7 Å². The van der Waals surface area contributed by atoms with Gasteiger partial charge in [0.05, 0.1) is 0 Å². The van der Waals surface area contributed by atoms with E-state index in [-0.39, 0.29) is 6.67 Å². The summed E-state index contributed by atoms with van der Waals surface area (Å²) in [6.45, 7) is 8.61. The minimum atomic E-state index is -0.184. The maximum absolute atomic E-state index is 12.1. The van der Waals surface area contributed by atoms with Crippen molar-refractivity contribution in [3.63, 3.8) is 0 Å². The molecule has 76 valence electrons. The molecular weight excluding hydrogens is 167 g/mol. The highest BCUT2D eigenvalue weighted by molar-refractivity contribution is 4.92. The first-order valence-electron chi connectivity index (χ1n) is 5.34. The van der Waals surface area contributed by atoms with Crippen LogP contribution in [0.1, 0.15) is 6.92 Å². The second-order valence-corrected chi connectivity index (χ2v) is 4.32. The van der Waals surface area contributed by atoms with Gasteiger partial charge >= 0.3 is 0 Å². The average molecular weight is 186 g/mol. The zero-order valence-corrected chi connectivity index (χ0v) is 8.38. The summed E-state index contributed by atoms with van der Waals surface area (Å²) in [6.07, 6.45) is 0. The van der Waals surface area contributed by atoms with Gasteiger partial charge in [-0.1, -0.05) is 6.92 Å². The summed E-state index contributed by atoms with van der Waals surface area (Å²) >= 11 is 0. The summed E-state index contributed by atoms with van der Waals surface area (Å²) < 4.78 is 12.1. The summed E-state index contributed by atoms with van der Waals surface area (Å²) in [5, 5.41) is 0. The van der Waals surface area contributed by atoms with E-state index in [0.29, 0.717) is 6.54 Å². The first-order chi connectivity index (χ1) is 6.33. The first-order valence-corrected chi connectivity index (χ1v) is 5.34. The van der Waals surface area contributed by atoms with Crippen LogP contribution < -0.4 is 0 Å². The van der Waals surface area contributed by atoms with Gasteiger partial charge in [-0.3, -0.25) is 0 Å². The van der Waals surface area contributed by atoms with Crippen LogP contribution in [0.3, 0.4) is 0 Å². The van der Waals surface area contributed by atoms with Crippen LogP contribution in [-0.2, 0) is 0 Å². The predicted octanol–water partition coefficient (Wildman–Crippen LogP) is 0.839. The third-order valence-electron chi connectivity index (χ3n) is 3.49. The Morgan fingerprint density at radius 2 is 1.62 bits per heavy atom. The maximum atomic E-state index is 12.1. The number of rotatable bonds is 3. The molecule has 13 heavy (non-hydrogen) atoms. The molecule has 2 atom stereocenters. The SMILES string of the molecule is CCN1CC2CN(CCF)CC2C1. The third kappa shape index (κ3) is 1.86. The fourth-order valence-corrected chi connectivity index (χ4v) is 2.75. The molecule has 0 saturated carbocycles. The molecule has 3 heteroatoms. The Hall–Kier alpha value is -0.150. The first kappa shape index (κ1) is 9.41. The second kappa shape index (κ2) is 3.93. The highest BCUT2D eigenvalue weighted by Crippen LogP contribution is 2.30. The summed E-state index contributed by atoms with van der Waals surface area (Å²) in [6, 6.07) is 0. The van der Waals surface area contributed by atoms with Crippen molar-refractivity contribution < 1.29 is 4.39 Å². The van der Waals surface area contributed by atoms with Gasteiger partial charge in [0.25, 0.3) is 0 Å². The second-order valence-electron chi connectivity index (χ2n) is 4.32. The number of fused-ring (bicyclic) bond motifs is 1. The molecule has 2 unspecified atom stereocenters. The monoisotopic (exact) mass is 186 g/mol. The highest BCUT2D eigenvalue weighted by Gasteiger charge is 2.38. The number of hydrogen-bond donors (Lipinski definition) is 0. The van der Waals surface area contributed by atoms with Crippen molar-refractivity contribution in [3.05, 3.63) is 0 Å². The van der Waals surface area contributed by atoms with E-state index in [1.165, 1.54) is 19.6 Å². The van der Waals surface area contributed by atoms with E-state index in [0.717, 1.165) is 24.9 Å². The number of halogens is 1. The topological polar surface area (TPSA) is 6.48 Å². The van der Waals surface area contributed by atoms with Crippen LogP contribution in [0.5, 0.6) is 0 Å². The number of nitrogens with zero attached hydrogens (tertiary/aromatic N) is 2. The Labute approximate surface area is 79.7 Å². The predicted molar refractivity (Wildman–Crippen MR) is 51.5 cm³/mol. The molecule has 2 saturated heterocycles. The summed E-state index contributed by atoms with van der Waals surface area (Å²) in [4.78, 5) is 4.80. The number of likely N-dealkylation sites (tertiary alicyclic amines) is 2. The molecular formula is C10H19FN2. The Bertz CT molecular complexity index is 160. The molecule has 0 amide bonds. The van der Waals surface area contributed by atoms with E-state index in [9.17, 15) is 4.39 Å². The minimum absolute atomic E-state index is 0.184. The van der Waals surface area contributed by atoms with Crippen LogP contribution in [-0.4, -0.2) is 55.7 Å². The highest BCUT2D eigenvalue weighted by atomic mass is 19.1. The van der Waals surface area contributed by atoms with Crippen molar-refractivity contribution in [3.8, 4) is 0 Å². The lowest BCUT2D eigenvalue weighted by Gasteiger charge is -2.18. The molecule has 2 heterocycles. The van der Waals surface area contributed by atoms with Gasteiger partial charge in [-0.2, -0.15) is 0 Å². The van der Waals surface area contributed by atoms with Crippen molar-refractivity contribution in [2.75, 3.05) is 45.9 Å². The Morgan fingerprint density at radius 1 is 1.08 bits per heavy atom. The summed E-state index contributed by atoms with van der Waals surface area (Å²) in [5.74, 6) is 1.65. The summed E-state index contributed by atoms with van der Waals surface area (Å²) in [5.41, 5.74) is 0. The molecule has 2 fully saturated rings. The normalized spacial score (nSPS) is 35.5. The van der Waals surface area contributed by atoms with E-state index in [1.54, 1.807) is 0 Å². The van der Waals surface area contributed by atoms with Crippen molar-refractivity contribution in [1.82, 2.24) is 9.80 Å². The van der Waals surface area contributed by atoms with Crippen LogP contribution in [0.25, 0.3) is 0 Å². The smallest absolute Gasteiger partial charge is 0.102 e. The van der Waals surface area contributed by atoms with Gasteiger partial charge in [-0.05, 0) is 18.4 Å². The zero-order chi connectivity index (χ0) is 9.26. The lowest BCUT2D eigenvalue weighted by atomic mass is 10.0. The van der Waals surface area contributed by atoms with Crippen molar-refractivity contribution in [2.24, 2.45) is 11.8 Å².